The Kier molecular flexibility index (Phi) is 3.40. The van der Waals surface area contributed by atoms with Crippen LogP contribution in [0.15, 0.2) is 23.0 Å². The average molecular weight is 298 g/mol. The zero-order valence-corrected chi connectivity index (χ0v) is 11.3. The maximum atomic E-state index is 12.2. The third-order valence-electron chi connectivity index (χ3n) is 3.28. The molecule has 0 aromatic carbocycles. The van der Waals surface area contributed by atoms with Gasteiger partial charge in [-0.2, -0.15) is 18.2 Å². The first-order chi connectivity index (χ1) is 9.90. The molecule has 0 atom stereocenters. The zero-order valence-electron chi connectivity index (χ0n) is 11.3. The average Bonchev–Trinajstić information content (AvgIpc) is 2.81. The van der Waals surface area contributed by atoms with Gasteiger partial charge in [-0.3, -0.25) is 9.88 Å². The van der Waals surface area contributed by atoms with Crippen LogP contribution < -0.4 is 0 Å². The van der Waals surface area contributed by atoms with E-state index in [1.165, 1.54) is 4.90 Å². The Labute approximate surface area is 118 Å². The number of likely N-dealkylation sites (tertiary alicyclic amines) is 1. The van der Waals surface area contributed by atoms with Gasteiger partial charge in [0.2, 0.25) is 11.7 Å². The largest absolute Gasteiger partial charge is 0.401 e. The molecule has 5 nitrogen and oxygen atoms in total. The van der Waals surface area contributed by atoms with Crippen molar-refractivity contribution in [3.63, 3.8) is 0 Å². The first kappa shape index (κ1) is 14.0. The highest BCUT2D eigenvalue weighted by Gasteiger charge is 2.39. The topological polar surface area (TPSA) is 55.1 Å². The predicted molar refractivity (Wildman–Crippen MR) is 67.5 cm³/mol. The van der Waals surface area contributed by atoms with Gasteiger partial charge in [-0.1, -0.05) is 5.16 Å². The number of aromatic nitrogens is 3. The molecule has 0 N–H and O–H groups in total. The van der Waals surface area contributed by atoms with Crippen LogP contribution in [0.2, 0.25) is 0 Å². The van der Waals surface area contributed by atoms with Crippen LogP contribution in [-0.4, -0.2) is 45.8 Å². The van der Waals surface area contributed by atoms with Gasteiger partial charge in [0.25, 0.3) is 0 Å². The summed E-state index contributed by atoms with van der Waals surface area (Å²) in [6.45, 7) is 1.57. The predicted octanol–water partition coefficient (Wildman–Crippen LogP) is 2.40. The second-order valence-electron chi connectivity index (χ2n) is 5.21. The first-order valence-electron chi connectivity index (χ1n) is 6.45. The lowest BCUT2D eigenvalue weighted by Gasteiger charge is -2.37. The summed E-state index contributed by atoms with van der Waals surface area (Å²) in [5.74, 6) is 0.659. The van der Waals surface area contributed by atoms with Crippen molar-refractivity contribution in [3.8, 4) is 11.4 Å². The number of hydrogen-bond donors (Lipinski definition) is 0. The molecule has 112 valence electrons. The van der Waals surface area contributed by atoms with Gasteiger partial charge in [0.05, 0.1) is 12.5 Å². The summed E-state index contributed by atoms with van der Waals surface area (Å²) in [4.78, 5) is 9.60. The number of halogens is 3. The van der Waals surface area contributed by atoms with Gasteiger partial charge in [-0.05, 0) is 18.6 Å². The van der Waals surface area contributed by atoms with Gasteiger partial charge < -0.3 is 4.52 Å². The lowest BCUT2D eigenvalue weighted by atomic mass is 10.0. The Balaban J connectivity index is 1.65. The Morgan fingerprint density at radius 1 is 1.33 bits per heavy atom. The maximum absolute atomic E-state index is 12.2. The van der Waals surface area contributed by atoms with Crippen molar-refractivity contribution >= 4 is 0 Å². The monoisotopic (exact) mass is 298 g/mol. The van der Waals surface area contributed by atoms with Crippen LogP contribution in [0.5, 0.6) is 0 Å². The van der Waals surface area contributed by atoms with Crippen molar-refractivity contribution in [1.82, 2.24) is 20.0 Å². The van der Waals surface area contributed by atoms with E-state index < -0.39 is 12.7 Å². The molecule has 1 saturated heterocycles. The van der Waals surface area contributed by atoms with Crippen LogP contribution in [0.4, 0.5) is 13.2 Å². The van der Waals surface area contributed by atoms with E-state index in [2.05, 4.69) is 15.1 Å². The maximum Gasteiger partial charge on any atom is 0.401 e. The molecule has 1 fully saturated rings. The van der Waals surface area contributed by atoms with Gasteiger partial charge in [-0.25, -0.2) is 0 Å². The molecule has 0 unspecified atom stereocenters. The third-order valence-corrected chi connectivity index (χ3v) is 3.28. The van der Waals surface area contributed by atoms with E-state index in [1.54, 1.807) is 12.4 Å². The fraction of sp³-hybridized carbons (Fsp3) is 0.462. The van der Waals surface area contributed by atoms with Crippen molar-refractivity contribution in [2.24, 2.45) is 0 Å². The SMILES string of the molecule is Cc1cncc(-c2noc(C3CN(CC(F)(F)F)C3)n2)c1. The van der Waals surface area contributed by atoms with Crippen molar-refractivity contribution in [2.45, 2.75) is 19.0 Å². The summed E-state index contributed by atoms with van der Waals surface area (Å²) >= 11 is 0. The molecule has 3 heterocycles. The van der Waals surface area contributed by atoms with E-state index >= 15 is 0 Å². The summed E-state index contributed by atoms with van der Waals surface area (Å²) < 4.78 is 41.8. The van der Waals surface area contributed by atoms with E-state index in [9.17, 15) is 13.2 Å². The van der Waals surface area contributed by atoms with E-state index in [0.29, 0.717) is 11.7 Å². The second kappa shape index (κ2) is 5.10. The number of nitrogens with zero attached hydrogens (tertiary/aromatic N) is 4. The number of hydrogen-bond acceptors (Lipinski definition) is 5. The number of alkyl halides is 3. The van der Waals surface area contributed by atoms with Crippen molar-refractivity contribution < 1.29 is 17.7 Å². The summed E-state index contributed by atoms with van der Waals surface area (Å²) in [7, 11) is 0. The highest BCUT2D eigenvalue weighted by molar-refractivity contribution is 5.53. The van der Waals surface area contributed by atoms with Gasteiger partial charge >= 0.3 is 6.18 Å². The Hall–Kier alpha value is -1.96. The van der Waals surface area contributed by atoms with Crippen LogP contribution in [-0.2, 0) is 0 Å². The highest BCUT2D eigenvalue weighted by atomic mass is 19.4. The summed E-state index contributed by atoms with van der Waals surface area (Å²) in [5, 5.41) is 3.86. The molecule has 0 saturated carbocycles. The zero-order chi connectivity index (χ0) is 15.0. The number of rotatable bonds is 3. The molecule has 2 aromatic rings. The van der Waals surface area contributed by atoms with Gasteiger partial charge in [0.1, 0.15) is 0 Å². The number of pyridine rings is 1. The molecule has 3 rings (SSSR count). The molecule has 1 aliphatic heterocycles. The van der Waals surface area contributed by atoms with Crippen LogP contribution in [0, 0.1) is 6.92 Å². The smallest absolute Gasteiger partial charge is 0.339 e. The van der Waals surface area contributed by atoms with E-state index in [-0.39, 0.29) is 19.0 Å². The Morgan fingerprint density at radius 3 is 2.76 bits per heavy atom. The van der Waals surface area contributed by atoms with Crippen molar-refractivity contribution in [3.05, 3.63) is 29.9 Å². The van der Waals surface area contributed by atoms with Crippen molar-refractivity contribution in [2.75, 3.05) is 19.6 Å². The van der Waals surface area contributed by atoms with E-state index in [0.717, 1.165) is 11.1 Å². The molecule has 0 bridgehead atoms. The van der Waals surface area contributed by atoms with Crippen LogP contribution in [0.3, 0.4) is 0 Å². The molecule has 0 amide bonds. The summed E-state index contributed by atoms with van der Waals surface area (Å²) in [5.41, 5.74) is 1.70. The molecule has 1 aliphatic rings. The fourth-order valence-electron chi connectivity index (χ4n) is 2.30. The number of aryl methyl sites for hydroxylation is 1. The Morgan fingerprint density at radius 2 is 2.10 bits per heavy atom. The standard InChI is InChI=1S/C13H13F3N4O/c1-8-2-9(4-17-3-8)11-18-12(21-19-11)10-5-20(6-10)7-13(14,15)16/h2-4,10H,5-7H2,1H3. The quantitative estimate of drug-likeness (QED) is 0.871. The third kappa shape index (κ3) is 3.21. The van der Waals surface area contributed by atoms with Gasteiger partial charge in [-0.15, -0.1) is 0 Å². The van der Waals surface area contributed by atoms with Gasteiger partial charge in [0, 0.05) is 31.0 Å². The minimum atomic E-state index is -4.17. The lowest BCUT2D eigenvalue weighted by Crippen LogP contribution is -2.49. The minimum Gasteiger partial charge on any atom is -0.339 e. The minimum absolute atomic E-state index is 0.133. The Bertz CT molecular complexity index is 634. The molecule has 0 spiro atoms. The summed E-state index contributed by atoms with van der Waals surface area (Å²) in [6, 6.07) is 1.87. The molecule has 8 heteroatoms. The molecule has 0 radical (unpaired) electrons. The molecule has 21 heavy (non-hydrogen) atoms. The highest BCUT2D eigenvalue weighted by Crippen LogP contribution is 2.30. The van der Waals surface area contributed by atoms with Gasteiger partial charge in [0.15, 0.2) is 0 Å². The molecule has 0 aliphatic carbocycles. The van der Waals surface area contributed by atoms with Crippen LogP contribution in [0.25, 0.3) is 11.4 Å². The molecular formula is C13H13F3N4O. The second-order valence-corrected chi connectivity index (χ2v) is 5.21. The molecule has 2 aromatic heterocycles. The lowest BCUT2D eigenvalue weighted by molar-refractivity contribution is -0.155. The van der Waals surface area contributed by atoms with Crippen LogP contribution in [0.1, 0.15) is 17.4 Å². The van der Waals surface area contributed by atoms with Crippen LogP contribution >= 0.6 is 0 Å². The fourth-order valence-corrected chi connectivity index (χ4v) is 2.30. The molecular weight excluding hydrogens is 285 g/mol. The van der Waals surface area contributed by atoms with E-state index in [4.69, 9.17) is 4.52 Å². The summed E-state index contributed by atoms with van der Waals surface area (Å²) in [6.07, 6.45) is -0.831. The van der Waals surface area contributed by atoms with E-state index in [1.807, 2.05) is 13.0 Å². The normalized spacial score (nSPS) is 17.0. The van der Waals surface area contributed by atoms with Crippen molar-refractivity contribution in [1.29, 1.82) is 0 Å². The first-order valence-corrected chi connectivity index (χ1v) is 6.45.